The number of nitrogens with zero attached hydrogens (tertiary/aromatic N) is 4. The Morgan fingerprint density at radius 2 is 1.74 bits per heavy atom. The lowest BCUT2D eigenvalue weighted by Crippen LogP contribution is -2.48. The van der Waals surface area contributed by atoms with E-state index >= 15 is 0 Å². The van der Waals surface area contributed by atoms with Gasteiger partial charge in [-0.25, -0.2) is 0 Å². The molecule has 8 nitrogen and oxygen atoms in total. The molecule has 2 aliphatic rings. The Bertz CT molecular complexity index is 984. The first-order valence-electron chi connectivity index (χ1n) is 10.4. The zero-order valence-electron chi connectivity index (χ0n) is 17.5. The van der Waals surface area contributed by atoms with Gasteiger partial charge in [-0.1, -0.05) is 24.3 Å². The molecule has 0 atom stereocenters. The lowest BCUT2D eigenvalue weighted by atomic mass is 10.0. The fourth-order valence-electron chi connectivity index (χ4n) is 4.08. The molecule has 2 aliphatic heterocycles. The van der Waals surface area contributed by atoms with Crippen LogP contribution < -0.4 is 4.74 Å². The molecule has 0 unspecified atom stereocenters. The van der Waals surface area contributed by atoms with Gasteiger partial charge >= 0.3 is 0 Å². The zero-order chi connectivity index (χ0) is 21.8. The van der Waals surface area contributed by atoms with Crippen molar-refractivity contribution in [1.29, 1.82) is 0 Å². The van der Waals surface area contributed by atoms with Crippen molar-refractivity contribution < 1.29 is 19.4 Å². The van der Waals surface area contributed by atoms with E-state index in [1.165, 1.54) is 4.90 Å². The maximum absolute atomic E-state index is 13.5. The number of β-amino-alcohol motifs (C(OH)–C–C–N with tert-alkyl or cyclic N) is 1. The Labute approximate surface area is 181 Å². The molecule has 1 saturated heterocycles. The minimum absolute atomic E-state index is 0.102. The number of aliphatic hydroxyl groups excluding tert-OH is 1. The highest BCUT2D eigenvalue weighted by Crippen LogP contribution is 2.37. The van der Waals surface area contributed by atoms with Crippen LogP contribution in [0.2, 0.25) is 0 Å². The number of piperazine rings is 1. The number of hydrogen-bond donors (Lipinski definition) is 1. The third kappa shape index (κ3) is 4.17. The van der Waals surface area contributed by atoms with Crippen molar-refractivity contribution in [3.63, 3.8) is 0 Å². The fourth-order valence-corrected chi connectivity index (χ4v) is 4.08. The molecule has 1 fully saturated rings. The van der Waals surface area contributed by atoms with E-state index in [-0.39, 0.29) is 25.0 Å². The first kappa shape index (κ1) is 21.0. The van der Waals surface area contributed by atoms with Gasteiger partial charge in [-0.3, -0.25) is 24.4 Å². The molecule has 0 spiro atoms. The van der Waals surface area contributed by atoms with Crippen LogP contribution in [0.4, 0.5) is 0 Å². The quantitative estimate of drug-likeness (QED) is 0.666. The Hall–Kier alpha value is -3.23. The number of methoxy groups -OCH3 is 1. The van der Waals surface area contributed by atoms with Crippen molar-refractivity contribution in [3.05, 3.63) is 65.6 Å². The molecule has 0 bridgehead atoms. The number of aromatic nitrogens is 1. The maximum Gasteiger partial charge on any atom is 0.278 e. The van der Waals surface area contributed by atoms with Gasteiger partial charge in [0, 0.05) is 44.5 Å². The highest BCUT2D eigenvalue weighted by Gasteiger charge is 2.43. The van der Waals surface area contributed by atoms with Gasteiger partial charge in [0.2, 0.25) is 0 Å². The summed E-state index contributed by atoms with van der Waals surface area (Å²) in [5.41, 5.74) is 2.04. The summed E-state index contributed by atoms with van der Waals surface area (Å²) < 4.78 is 5.50. The van der Waals surface area contributed by atoms with E-state index in [9.17, 15) is 14.7 Å². The van der Waals surface area contributed by atoms with E-state index in [4.69, 9.17) is 4.74 Å². The number of carbonyl (C=O) groups is 2. The van der Waals surface area contributed by atoms with Crippen molar-refractivity contribution in [2.45, 2.75) is 6.54 Å². The van der Waals surface area contributed by atoms with Crippen molar-refractivity contribution in [3.8, 4) is 5.75 Å². The van der Waals surface area contributed by atoms with Gasteiger partial charge in [0.25, 0.3) is 11.8 Å². The molecular formula is C23H26N4O4. The summed E-state index contributed by atoms with van der Waals surface area (Å²) in [4.78, 5) is 36.7. The fraction of sp³-hybridized carbons (Fsp3) is 0.348. The monoisotopic (exact) mass is 422 g/mol. The number of rotatable bonds is 7. The number of para-hydroxylation sites is 1. The minimum Gasteiger partial charge on any atom is -0.496 e. The molecule has 0 aliphatic carbocycles. The van der Waals surface area contributed by atoms with Gasteiger partial charge in [-0.2, -0.15) is 0 Å². The molecule has 4 rings (SSSR count). The SMILES string of the molecule is COc1ccccc1C1=C(N2CCN(CCO)CC2)C(=O)N(Cc2ccccn2)C1=O. The van der Waals surface area contributed by atoms with Crippen LogP contribution in [0.3, 0.4) is 0 Å². The second-order valence-electron chi connectivity index (χ2n) is 7.49. The number of hydrogen-bond acceptors (Lipinski definition) is 7. The zero-order valence-corrected chi connectivity index (χ0v) is 17.5. The molecular weight excluding hydrogens is 396 g/mol. The average Bonchev–Trinajstić information content (AvgIpc) is 3.05. The molecule has 2 amide bonds. The first-order valence-corrected chi connectivity index (χ1v) is 10.4. The minimum atomic E-state index is -0.340. The van der Waals surface area contributed by atoms with Crippen LogP contribution in [0.5, 0.6) is 5.75 Å². The highest BCUT2D eigenvalue weighted by molar-refractivity contribution is 6.35. The normalized spacial score (nSPS) is 17.6. The van der Waals surface area contributed by atoms with Crippen molar-refractivity contribution in [2.24, 2.45) is 0 Å². The summed E-state index contributed by atoms with van der Waals surface area (Å²) in [7, 11) is 1.56. The van der Waals surface area contributed by atoms with Gasteiger partial charge in [-0.05, 0) is 18.2 Å². The highest BCUT2D eigenvalue weighted by atomic mass is 16.5. The number of amides is 2. The molecule has 8 heteroatoms. The van der Waals surface area contributed by atoms with Gasteiger partial charge < -0.3 is 14.7 Å². The summed E-state index contributed by atoms with van der Waals surface area (Å²) >= 11 is 0. The van der Waals surface area contributed by atoms with Crippen molar-refractivity contribution >= 4 is 17.4 Å². The molecule has 3 heterocycles. The van der Waals surface area contributed by atoms with E-state index in [0.717, 1.165) is 0 Å². The Morgan fingerprint density at radius 3 is 2.42 bits per heavy atom. The standard InChI is InChI=1S/C23H26N4O4/c1-31-19-8-3-2-7-18(19)20-21(26-12-10-25(11-13-26)14-15-28)23(30)27(22(20)29)16-17-6-4-5-9-24-17/h2-9,28H,10-16H2,1H3. The number of aliphatic hydroxyl groups is 1. The topological polar surface area (TPSA) is 86.2 Å². The Balaban J connectivity index is 1.71. The van der Waals surface area contributed by atoms with Gasteiger partial charge in [-0.15, -0.1) is 0 Å². The van der Waals surface area contributed by atoms with Crippen LogP contribution in [-0.2, 0) is 16.1 Å². The van der Waals surface area contributed by atoms with Crippen LogP contribution in [0.25, 0.3) is 5.57 Å². The Morgan fingerprint density at radius 1 is 1.00 bits per heavy atom. The molecule has 0 saturated carbocycles. The van der Waals surface area contributed by atoms with E-state index in [2.05, 4.69) is 9.88 Å². The van der Waals surface area contributed by atoms with E-state index in [1.54, 1.807) is 31.5 Å². The lowest BCUT2D eigenvalue weighted by Gasteiger charge is -2.36. The van der Waals surface area contributed by atoms with Gasteiger partial charge in [0.15, 0.2) is 0 Å². The second-order valence-corrected chi connectivity index (χ2v) is 7.49. The maximum atomic E-state index is 13.5. The lowest BCUT2D eigenvalue weighted by molar-refractivity contribution is -0.138. The van der Waals surface area contributed by atoms with Gasteiger partial charge in [0.1, 0.15) is 11.4 Å². The van der Waals surface area contributed by atoms with Crippen LogP contribution >= 0.6 is 0 Å². The number of pyridine rings is 1. The largest absolute Gasteiger partial charge is 0.496 e. The van der Waals surface area contributed by atoms with Crippen LogP contribution in [-0.4, -0.2) is 83.0 Å². The smallest absolute Gasteiger partial charge is 0.278 e. The van der Waals surface area contributed by atoms with Crippen LogP contribution in [0.1, 0.15) is 11.3 Å². The summed E-state index contributed by atoms with van der Waals surface area (Å²) in [6.07, 6.45) is 1.65. The first-order chi connectivity index (χ1) is 15.1. The van der Waals surface area contributed by atoms with Crippen molar-refractivity contribution in [2.75, 3.05) is 46.4 Å². The second kappa shape index (κ2) is 9.28. The summed E-state index contributed by atoms with van der Waals surface area (Å²) in [5, 5.41) is 9.21. The molecule has 0 radical (unpaired) electrons. The molecule has 1 N–H and O–H groups in total. The number of carbonyl (C=O) groups excluding carboxylic acids is 2. The number of ether oxygens (including phenoxy) is 1. The van der Waals surface area contributed by atoms with Crippen LogP contribution in [0, 0.1) is 0 Å². The predicted molar refractivity (Wildman–Crippen MR) is 115 cm³/mol. The summed E-state index contributed by atoms with van der Waals surface area (Å²) in [6, 6.07) is 12.7. The molecule has 1 aromatic carbocycles. The third-order valence-corrected chi connectivity index (χ3v) is 5.67. The van der Waals surface area contributed by atoms with E-state index in [1.807, 2.05) is 29.2 Å². The summed E-state index contributed by atoms with van der Waals surface area (Å²) in [6.45, 7) is 3.45. The third-order valence-electron chi connectivity index (χ3n) is 5.67. The van der Waals surface area contributed by atoms with Gasteiger partial charge in [0.05, 0.1) is 31.5 Å². The molecule has 31 heavy (non-hydrogen) atoms. The average molecular weight is 422 g/mol. The molecule has 2 aromatic rings. The van der Waals surface area contributed by atoms with E-state index in [0.29, 0.717) is 61.0 Å². The number of benzene rings is 1. The molecule has 162 valence electrons. The number of imide groups is 1. The molecule has 1 aromatic heterocycles. The predicted octanol–water partition coefficient (Wildman–Crippen LogP) is 0.980. The van der Waals surface area contributed by atoms with E-state index < -0.39 is 0 Å². The van der Waals surface area contributed by atoms with Crippen molar-refractivity contribution in [1.82, 2.24) is 19.7 Å². The van der Waals surface area contributed by atoms with Crippen LogP contribution in [0.15, 0.2) is 54.4 Å². The summed E-state index contributed by atoms with van der Waals surface area (Å²) in [5.74, 6) is -0.102. The Kier molecular flexibility index (Phi) is 6.29.